The second kappa shape index (κ2) is 8.55. The molecule has 1 N–H and O–H groups in total. The Morgan fingerprint density at radius 2 is 1.59 bits per heavy atom. The lowest BCUT2D eigenvalue weighted by Gasteiger charge is -2.23. The van der Waals surface area contributed by atoms with Crippen molar-refractivity contribution in [3.05, 3.63) is 98.5 Å². The molecule has 2 heterocycles. The number of anilines is 1. The molecule has 1 amide bonds. The number of amides is 1. The van der Waals surface area contributed by atoms with Gasteiger partial charge >= 0.3 is 5.91 Å². The van der Waals surface area contributed by atoms with Gasteiger partial charge in [-0.25, -0.2) is 4.98 Å². The van der Waals surface area contributed by atoms with Crippen LogP contribution in [0.5, 0.6) is 0 Å². The smallest absolute Gasteiger partial charge is 0.301 e. The van der Waals surface area contributed by atoms with E-state index in [1.165, 1.54) is 16.2 Å². The van der Waals surface area contributed by atoms with Crippen LogP contribution >= 0.6 is 34.5 Å². The minimum Gasteiger partial charge on any atom is -0.507 e. The largest absolute Gasteiger partial charge is 0.507 e. The summed E-state index contributed by atoms with van der Waals surface area (Å²) in [6.45, 7) is 3.96. The van der Waals surface area contributed by atoms with Gasteiger partial charge in [-0.3, -0.25) is 14.5 Å². The van der Waals surface area contributed by atoms with Crippen LogP contribution in [-0.2, 0) is 9.59 Å². The highest BCUT2D eigenvalue weighted by Crippen LogP contribution is 2.45. The van der Waals surface area contributed by atoms with Crippen molar-refractivity contribution in [1.82, 2.24) is 4.98 Å². The summed E-state index contributed by atoms with van der Waals surface area (Å²) in [5.41, 5.74) is 3.85. The highest BCUT2D eigenvalue weighted by atomic mass is 35.5. The predicted molar refractivity (Wildman–Crippen MR) is 137 cm³/mol. The number of aliphatic hydroxyl groups is 1. The second-order valence-electron chi connectivity index (χ2n) is 8.15. The fraction of sp³-hybridized carbons (Fsp3) is 0.115. The van der Waals surface area contributed by atoms with E-state index in [0.29, 0.717) is 26.3 Å². The van der Waals surface area contributed by atoms with E-state index in [9.17, 15) is 14.7 Å². The number of ketones is 1. The number of rotatable bonds is 3. The highest BCUT2D eigenvalue weighted by Gasteiger charge is 2.48. The van der Waals surface area contributed by atoms with Crippen LogP contribution in [0.2, 0.25) is 10.0 Å². The first-order valence-electron chi connectivity index (χ1n) is 10.4. The molecule has 34 heavy (non-hydrogen) atoms. The Bertz CT molecular complexity index is 1490. The van der Waals surface area contributed by atoms with E-state index in [-0.39, 0.29) is 11.3 Å². The van der Waals surface area contributed by atoms with Gasteiger partial charge in [-0.15, -0.1) is 0 Å². The van der Waals surface area contributed by atoms with Crippen molar-refractivity contribution in [3.63, 3.8) is 0 Å². The third kappa shape index (κ3) is 3.78. The fourth-order valence-corrected chi connectivity index (χ4v) is 5.64. The summed E-state index contributed by atoms with van der Waals surface area (Å²) in [6.07, 6.45) is 0. The van der Waals surface area contributed by atoms with Crippen molar-refractivity contribution in [2.45, 2.75) is 19.9 Å². The summed E-state index contributed by atoms with van der Waals surface area (Å²) < 4.78 is 0.918. The van der Waals surface area contributed by atoms with Crippen molar-refractivity contribution in [1.29, 1.82) is 0 Å². The topological polar surface area (TPSA) is 70.5 Å². The van der Waals surface area contributed by atoms with E-state index in [2.05, 4.69) is 0 Å². The van der Waals surface area contributed by atoms with Gasteiger partial charge in [0.2, 0.25) is 0 Å². The van der Waals surface area contributed by atoms with E-state index in [1.54, 1.807) is 48.5 Å². The van der Waals surface area contributed by atoms with Gasteiger partial charge in [-0.2, -0.15) is 0 Å². The predicted octanol–water partition coefficient (Wildman–Crippen LogP) is 6.85. The van der Waals surface area contributed by atoms with E-state index >= 15 is 0 Å². The summed E-state index contributed by atoms with van der Waals surface area (Å²) >= 11 is 13.4. The van der Waals surface area contributed by atoms with Gasteiger partial charge in [-0.1, -0.05) is 52.7 Å². The Balaban J connectivity index is 1.74. The number of carbonyl (C=O) groups excluding carboxylic acids is 2. The molecular weight excluding hydrogens is 491 g/mol. The molecule has 0 saturated carbocycles. The molecule has 0 aliphatic carbocycles. The number of nitrogens with zero attached hydrogens (tertiary/aromatic N) is 2. The van der Waals surface area contributed by atoms with E-state index in [1.807, 2.05) is 26.0 Å². The summed E-state index contributed by atoms with van der Waals surface area (Å²) in [5.74, 6) is -1.80. The first kappa shape index (κ1) is 22.6. The van der Waals surface area contributed by atoms with Gasteiger partial charge in [0.15, 0.2) is 5.13 Å². The van der Waals surface area contributed by atoms with E-state index < -0.39 is 17.7 Å². The molecule has 170 valence electrons. The third-order valence-corrected chi connectivity index (χ3v) is 7.28. The van der Waals surface area contributed by atoms with Crippen LogP contribution in [-0.4, -0.2) is 21.8 Å². The van der Waals surface area contributed by atoms with Crippen molar-refractivity contribution < 1.29 is 14.7 Å². The molecule has 3 aromatic carbocycles. The zero-order chi connectivity index (χ0) is 24.1. The number of aryl methyl sites for hydroxylation is 2. The maximum absolute atomic E-state index is 13.3. The van der Waals surface area contributed by atoms with Crippen LogP contribution in [0.3, 0.4) is 0 Å². The molecule has 0 spiro atoms. The minimum absolute atomic E-state index is 0.0122. The molecule has 0 radical (unpaired) electrons. The molecule has 1 aliphatic rings. The van der Waals surface area contributed by atoms with Gasteiger partial charge in [0.05, 0.1) is 21.8 Å². The van der Waals surface area contributed by atoms with Crippen molar-refractivity contribution in [2.75, 3.05) is 4.90 Å². The summed E-state index contributed by atoms with van der Waals surface area (Å²) in [6, 6.07) is 16.5. The summed E-state index contributed by atoms with van der Waals surface area (Å²) in [7, 11) is 0. The number of aliphatic hydroxyl groups excluding tert-OH is 1. The standard InChI is InChI=1S/C26H18Cl2N2O3S/c1-13-11-14(2)21-19(12-13)34-26(29-21)30-22(15-3-7-17(27)8-4-15)20(24(32)25(30)33)23(31)16-5-9-18(28)10-6-16/h3-12,22,31H,1-2H3/b23-20+/t22-/m1/s1. The van der Waals surface area contributed by atoms with Crippen LogP contribution < -0.4 is 4.90 Å². The first-order chi connectivity index (χ1) is 16.2. The van der Waals surface area contributed by atoms with E-state index in [4.69, 9.17) is 28.2 Å². The molecule has 1 atom stereocenters. The molecule has 0 unspecified atom stereocenters. The molecule has 5 rings (SSSR count). The Labute approximate surface area is 209 Å². The number of fused-ring (bicyclic) bond motifs is 1. The molecule has 1 aliphatic heterocycles. The minimum atomic E-state index is -0.866. The van der Waals surface area contributed by atoms with Gasteiger partial charge in [0.25, 0.3) is 5.78 Å². The lowest BCUT2D eigenvalue weighted by atomic mass is 9.95. The molecule has 1 aromatic heterocycles. The number of benzene rings is 3. The van der Waals surface area contributed by atoms with Crippen LogP contribution in [0.15, 0.2) is 66.2 Å². The lowest BCUT2D eigenvalue weighted by molar-refractivity contribution is -0.132. The monoisotopic (exact) mass is 508 g/mol. The quantitative estimate of drug-likeness (QED) is 0.186. The number of halogens is 2. The van der Waals surface area contributed by atoms with Crippen molar-refractivity contribution >= 4 is 67.3 Å². The summed E-state index contributed by atoms with van der Waals surface area (Å²) in [5, 5.41) is 12.6. The molecule has 0 bridgehead atoms. The number of hydrogen-bond donors (Lipinski definition) is 1. The Kier molecular flexibility index (Phi) is 5.68. The normalized spacial score (nSPS) is 17.6. The number of thiazole rings is 1. The fourth-order valence-electron chi connectivity index (χ4n) is 4.22. The maximum atomic E-state index is 13.3. The second-order valence-corrected chi connectivity index (χ2v) is 10.0. The van der Waals surface area contributed by atoms with Crippen LogP contribution in [0.1, 0.15) is 28.3 Å². The Morgan fingerprint density at radius 1 is 0.971 bits per heavy atom. The molecular formula is C26H18Cl2N2O3S. The average molecular weight is 509 g/mol. The molecule has 4 aromatic rings. The van der Waals surface area contributed by atoms with Gasteiger partial charge in [0.1, 0.15) is 5.76 Å². The Morgan fingerprint density at radius 3 is 2.24 bits per heavy atom. The molecule has 8 heteroatoms. The number of carbonyl (C=O) groups is 2. The number of hydrogen-bond acceptors (Lipinski definition) is 5. The third-order valence-electron chi connectivity index (χ3n) is 5.77. The SMILES string of the molecule is Cc1cc(C)c2nc(N3C(=O)C(=O)/C(=C(/O)c4ccc(Cl)cc4)[C@H]3c3ccc(Cl)cc3)sc2c1. The van der Waals surface area contributed by atoms with Crippen LogP contribution in [0, 0.1) is 13.8 Å². The summed E-state index contributed by atoms with van der Waals surface area (Å²) in [4.78, 5) is 32.7. The van der Waals surface area contributed by atoms with Gasteiger partial charge in [0, 0.05) is 15.6 Å². The maximum Gasteiger partial charge on any atom is 0.301 e. The van der Waals surface area contributed by atoms with Crippen LogP contribution in [0.4, 0.5) is 5.13 Å². The average Bonchev–Trinajstić information content (AvgIpc) is 3.33. The van der Waals surface area contributed by atoms with Gasteiger partial charge < -0.3 is 5.11 Å². The Hall–Kier alpha value is -3.19. The lowest BCUT2D eigenvalue weighted by Crippen LogP contribution is -2.29. The molecule has 1 fully saturated rings. The first-order valence-corrected chi connectivity index (χ1v) is 12.0. The van der Waals surface area contributed by atoms with Gasteiger partial charge in [-0.05, 0) is 73.0 Å². The zero-order valence-corrected chi connectivity index (χ0v) is 20.5. The number of aromatic nitrogens is 1. The van der Waals surface area contributed by atoms with E-state index in [0.717, 1.165) is 21.3 Å². The zero-order valence-electron chi connectivity index (χ0n) is 18.2. The molecule has 1 saturated heterocycles. The van der Waals surface area contributed by atoms with Crippen molar-refractivity contribution in [2.24, 2.45) is 0 Å². The van der Waals surface area contributed by atoms with Crippen LogP contribution in [0.25, 0.3) is 16.0 Å². The number of Topliss-reactive ketones (excluding diaryl/α,β-unsaturated/α-hetero) is 1. The highest BCUT2D eigenvalue weighted by molar-refractivity contribution is 7.22. The van der Waals surface area contributed by atoms with Crippen molar-refractivity contribution in [3.8, 4) is 0 Å². The molecule has 5 nitrogen and oxygen atoms in total.